The summed E-state index contributed by atoms with van der Waals surface area (Å²) in [6.07, 6.45) is 4.53. The first-order valence-corrected chi connectivity index (χ1v) is 9.73. The first-order valence-electron chi connectivity index (χ1n) is 9.73. The fourth-order valence-corrected chi connectivity index (χ4v) is 4.26. The van der Waals surface area contributed by atoms with Crippen LogP contribution in [0.1, 0.15) is 44.0 Å². The van der Waals surface area contributed by atoms with Crippen LogP contribution < -0.4 is 10.9 Å². The third kappa shape index (κ3) is 3.24. The molecule has 1 amide bonds. The lowest BCUT2D eigenvalue weighted by Gasteiger charge is -2.29. The number of fused-ring (bicyclic) bond motifs is 3. The van der Waals surface area contributed by atoms with Gasteiger partial charge in [-0.3, -0.25) is 14.0 Å². The summed E-state index contributed by atoms with van der Waals surface area (Å²) < 4.78 is 3.16. The van der Waals surface area contributed by atoms with E-state index < -0.39 is 0 Å². The first kappa shape index (κ1) is 17.8. The van der Waals surface area contributed by atoms with Crippen LogP contribution in [0.4, 0.5) is 0 Å². The van der Waals surface area contributed by atoms with Crippen molar-refractivity contribution in [3.05, 3.63) is 46.0 Å². The van der Waals surface area contributed by atoms with Crippen molar-refractivity contribution < 1.29 is 4.79 Å². The second kappa shape index (κ2) is 6.83. The van der Waals surface area contributed by atoms with E-state index in [-0.39, 0.29) is 24.1 Å². The Morgan fingerprint density at radius 2 is 1.96 bits per heavy atom. The van der Waals surface area contributed by atoms with Gasteiger partial charge in [0.2, 0.25) is 5.91 Å². The summed E-state index contributed by atoms with van der Waals surface area (Å²) in [6.45, 7) is 6.03. The van der Waals surface area contributed by atoms with Gasteiger partial charge in [-0.2, -0.15) is 5.10 Å². The zero-order valence-corrected chi connectivity index (χ0v) is 16.2. The Bertz CT molecular complexity index is 1080. The molecule has 1 aromatic carbocycles. The van der Waals surface area contributed by atoms with Crippen molar-refractivity contribution in [3.63, 3.8) is 0 Å². The number of amides is 1. The van der Waals surface area contributed by atoms with Crippen LogP contribution in [0.25, 0.3) is 16.4 Å². The highest BCUT2D eigenvalue weighted by molar-refractivity contribution is 5.87. The summed E-state index contributed by atoms with van der Waals surface area (Å²) in [6, 6.07) is 8.18. The molecular weight excluding hydrogens is 340 g/mol. The molecule has 1 fully saturated rings. The molecule has 3 aromatic rings. The number of nitrogens with zero attached hydrogens (tertiary/aromatic N) is 3. The summed E-state index contributed by atoms with van der Waals surface area (Å²) in [7, 11) is 0. The molecule has 0 saturated heterocycles. The minimum Gasteiger partial charge on any atom is -0.351 e. The van der Waals surface area contributed by atoms with Gasteiger partial charge in [-0.05, 0) is 50.8 Å². The van der Waals surface area contributed by atoms with Gasteiger partial charge in [0.05, 0.1) is 5.52 Å². The normalized spacial score (nSPS) is 20.3. The number of hydrogen-bond donors (Lipinski definition) is 1. The molecule has 1 aliphatic rings. The van der Waals surface area contributed by atoms with Crippen LogP contribution in [0.15, 0.2) is 29.1 Å². The lowest BCUT2D eigenvalue weighted by atomic mass is 9.86. The minimum atomic E-state index is -0.235. The van der Waals surface area contributed by atoms with Crippen molar-refractivity contribution in [2.45, 2.75) is 59.0 Å². The molecule has 0 radical (unpaired) electrons. The summed E-state index contributed by atoms with van der Waals surface area (Å²) in [5, 5.41) is 8.51. The van der Waals surface area contributed by atoms with Crippen LogP contribution in [0, 0.1) is 19.8 Å². The Hall–Kier alpha value is -2.63. The lowest BCUT2D eigenvalue weighted by Crippen LogP contribution is -2.44. The Kier molecular flexibility index (Phi) is 4.50. The molecule has 0 spiro atoms. The lowest BCUT2D eigenvalue weighted by molar-refractivity contribution is -0.123. The van der Waals surface area contributed by atoms with E-state index in [2.05, 4.69) is 23.4 Å². The van der Waals surface area contributed by atoms with Gasteiger partial charge in [0.15, 0.2) is 0 Å². The molecule has 2 atom stereocenters. The van der Waals surface area contributed by atoms with Crippen molar-refractivity contribution in [2.75, 3.05) is 0 Å². The average molecular weight is 366 g/mol. The number of benzene rings is 1. The topological polar surface area (TPSA) is 68.4 Å². The number of aryl methyl sites for hydroxylation is 2. The zero-order chi connectivity index (χ0) is 19.1. The Morgan fingerprint density at radius 1 is 1.19 bits per heavy atom. The summed E-state index contributed by atoms with van der Waals surface area (Å²) >= 11 is 0. The van der Waals surface area contributed by atoms with Gasteiger partial charge >= 0.3 is 0 Å². The fourth-order valence-electron chi connectivity index (χ4n) is 4.26. The molecule has 6 nitrogen and oxygen atoms in total. The van der Waals surface area contributed by atoms with Gasteiger partial charge in [-0.1, -0.05) is 31.4 Å². The highest BCUT2D eigenvalue weighted by Gasteiger charge is 2.23. The van der Waals surface area contributed by atoms with Gasteiger partial charge in [0.25, 0.3) is 5.56 Å². The van der Waals surface area contributed by atoms with E-state index in [1.54, 1.807) is 0 Å². The Balaban J connectivity index is 1.66. The number of carbonyl (C=O) groups is 1. The molecular formula is C21H26N4O2. The maximum atomic E-state index is 12.9. The Labute approximate surface area is 158 Å². The van der Waals surface area contributed by atoms with Crippen molar-refractivity contribution in [3.8, 4) is 0 Å². The SMILES string of the molecule is Cc1ccc2c(c1)cc1c(=O)n(CC(=O)N[C@H]3CCCC[C@H]3C)nc(C)n12. The molecule has 1 saturated carbocycles. The first-order chi connectivity index (χ1) is 12.9. The van der Waals surface area contributed by atoms with Crippen molar-refractivity contribution in [1.29, 1.82) is 0 Å². The van der Waals surface area contributed by atoms with E-state index in [0.717, 1.165) is 35.7 Å². The molecule has 2 aromatic heterocycles. The highest BCUT2D eigenvalue weighted by atomic mass is 16.2. The predicted octanol–water partition coefficient (Wildman–Crippen LogP) is 2.96. The van der Waals surface area contributed by atoms with E-state index in [4.69, 9.17) is 0 Å². The number of carbonyl (C=O) groups excluding carboxylic acids is 1. The van der Waals surface area contributed by atoms with Crippen LogP contribution in [0.2, 0.25) is 0 Å². The highest BCUT2D eigenvalue weighted by Crippen LogP contribution is 2.24. The third-order valence-corrected chi connectivity index (χ3v) is 5.75. The maximum Gasteiger partial charge on any atom is 0.291 e. The van der Waals surface area contributed by atoms with Gasteiger partial charge in [-0.15, -0.1) is 0 Å². The van der Waals surface area contributed by atoms with Gasteiger partial charge in [-0.25, -0.2) is 4.68 Å². The summed E-state index contributed by atoms with van der Waals surface area (Å²) in [4.78, 5) is 25.5. The molecule has 0 aliphatic heterocycles. The molecule has 142 valence electrons. The Morgan fingerprint density at radius 3 is 2.74 bits per heavy atom. The molecule has 1 aliphatic carbocycles. The quantitative estimate of drug-likeness (QED) is 0.775. The minimum absolute atomic E-state index is 0.0417. The predicted molar refractivity (Wildman–Crippen MR) is 106 cm³/mol. The van der Waals surface area contributed by atoms with Crippen molar-refractivity contribution >= 4 is 22.3 Å². The molecule has 6 heteroatoms. The number of nitrogens with one attached hydrogen (secondary N) is 1. The molecule has 0 bridgehead atoms. The van der Waals surface area contributed by atoms with Gasteiger partial charge in [0, 0.05) is 11.4 Å². The van der Waals surface area contributed by atoms with E-state index in [1.165, 1.54) is 11.1 Å². The van der Waals surface area contributed by atoms with Crippen LogP contribution in [0.3, 0.4) is 0 Å². The average Bonchev–Trinajstić information content (AvgIpc) is 3.00. The van der Waals surface area contributed by atoms with Gasteiger partial charge in [0.1, 0.15) is 17.9 Å². The van der Waals surface area contributed by atoms with Crippen LogP contribution in [-0.2, 0) is 11.3 Å². The largest absolute Gasteiger partial charge is 0.351 e. The van der Waals surface area contributed by atoms with Gasteiger partial charge < -0.3 is 5.32 Å². The standard InChI is InChI=1S/C21H26N4O2/c1-13-8-9-18-16(10-13)11-19-21(27)24(23-15(3)25(18)19)12-20(26)22-17-7-5-4-6-14(17)2/h8-11,14,17H,4-7,12H2,1-3H3,(H,22,26)/t14-,17+/m1/s1. The monoisotopic (exact) mass is 366 g/mol. The molecule has 0 unspecified atom stereocenters. The van der Waals surface area contributed by atoms with Crippen LogP contribution in [0.5, 0.6) is 0 Å². The molecule has 27 heavy (non-hydrogen) atoms. The van der Waals surface area contributed by atoms with Crippen LogP contribution in [-0.4, -0.2) is 26.1 Å². The van der Waals surface area contributed by atoms with E-state index in [9.17, 15) is 9.59 Å². The van der Waals surface area contributed by atoms with E-state index in [0.29, 0.717) is 17.3 Å². The third-order valence-electron chi connectivity index (χ3n) is 5.75. The zero-order valence-electron chi connectivity index (χ0n) is 16.2. The van der Waals surface area contributed by atoms with Crippen molar-refractivity contribution in [2.24, 2.45) is 5.92 Å². The number of hydrogen-bond acceptors (Lipinski definition) is 3. The molecule has 4 rings (SSSR count). The van der Waals surface area contributed by atoms with E-state index in [1.807, 2.05) is 36.4 Å². The summed E-state index contributed by atoms with van der Waals surface area (Å²) in [5.41, 5.74) is 2.43. The smallest absolute Gasteiger partial charge is 0.291 e. The number of rotatable bonds is 3. The van der Waals surface area contributed by atoms with Crippen LogP contribution >= 0.6 is 0 Å². The fraction of sp³-hybridized carbons (Fsp3) is 0.476. The second-order valence-corrected chi connectivity index (χ2v) is 7.87. The number of aromatic nitrogens is 3. The molecule has 2 heterocycles. The second-order valence-electron chi connectivity index (χ2n) is 7.87. The maximum absolute atomic E-state index is 12.9. The van der Waals surface area contributed by atoms with Crippen molar-refractivity contribution in [1.82, 2.24) is 19.5 Å². The van der Waals surface area contributed by atoms with E-state index >= 15 is 0 Å². The molecule has 1 N–H and O–H groups in total. The summed E-state index contributed by atoms with van der Waals surface area (Å²) in [5.74, 6) is 1.04.